The number of carbonyl (C=O) groups is 1. The smallest absolute Gasteiger partial charge is 0.394 e. The largest absolute Gasteiger partial charge is 0.418 e. The van der Waals surface area contributed by atoms with Crippen molar-refractivity contribution >= 4 is 11.7 Å². The first-order valence-electron chi connectivity index (χ1n) is 6.62. The molecule has 0 saturated heterocycles. The van der Waals surface area contributed by atoms with Gasteiger partial charge < -0.3 is 15.7 Å². The molecule has 21 heavy (non-hydrogen) atoms. The van der Waals surface area contributed by atoms with E-state index in [-0.39, 0.29) is 18.2 Å². The number of para-hydroxylation sites is 1. The van der Waals surface area contributed by atoms with Crippen LogP contribution in [0.5, 0.6) is 0 Å². The van der Waals surface area contributed by atoms with Crippen molar-refractivity contribution in [2.75, 3.05) is 11.9 Å². The first-order valence-corrected chi connectivity index (χ1v) is 6.62. The number of hydrogen-bond acceptors (Lipinski definition) is 2. The van der Waals surface area contributed by atoms with Crippen LogP contribution in [0.2, 0.25) is 0 Å². The monoisotopic (exact) mass is 302 g/mol. The minimum absolute atomic E-state index is 0.158. The summed E-state index contributed by atoms with van der Waals surface area (Å²) in [6.07, 6.45) is -2.77. The molecule has 116 valence electrons. The Labute approximate surface area is 120 Å². The number of hydrogen-bond donors (Lipinski definition) is 3. The first-order chi connectivity index (χ1) is 9.76. The molecule has 0 spiro atoms. The standard InChI is InChI=1S/C14H17F3N2O2/c1-13(8-20,9-6-7-9)19-12(21)18-11-5-3-2-4-10(11)14(15,16)17/h2-5,9,20H,6-8H2,1H3,(H2,18,19,21). The zero-order valence-electron chi connectivity index (χ0n) is 11.5. The van der Waals surface area contributed by atoms with Gasteiger partial charge in [-0.25, -0.2) is 4.79 Å². The fourth-order valence-corrected chi connectivity index (χ4v) is 2.24. The van der Waals surface area contributed by atoms with Gasteiger partial charge in [0.1, 0.15) is 0 Å². The van der Waals surface area contributed by atoms with E-state index in [1.807, 2.05) is 0 Å². The molecule has 1 aromatic rings. The van der Waals surface area contributed by atoms with E-state index in [1.54, 1.807) is 6.92 Å². The molecule has 1 aliphatic carbocycles. The van der Waals surface area contributed by atoms with E-state index >= 15 is 0 Å². The SMILES string of the molecule is CC(CO)(NC(=O)Nc1ccccc1C(F)(F)F)C1CC1. The van der Waals surface area contributed by atoms with E-state index in [9.17, 15) is 23.1 Å². The zero-order valence-corrected chi connectivity index (χ0v) is 11.5. The average molecular weight is 302 g/mol. The number of benzene rings is 1. The zero-order chi connectivity index (χ0) is 15.7. The summed E-state index contributed by atoms with van der Waals surface area (Å²) in [5, 5.41) is 14.1. The number of anilines is 1. The molecule has 1 aromatic carbocycles. The van der Waals surface area contributed by atoms with Crippen LogP contribution in [0.1, 0.15) is 25.3 Å². The van der Waals surface area contributed by atoms with Gasteiger partial charge in [0.25, 0.3) is 0 Å². The average Bonchev–Trinajstić information content (AvgIpc) is 3.22. The summed E-state index contributed by atoms with van der Waals surface area (Å²) in [6, 6.07) is 4.01. The Balaban J connectivity index is 2.10. The van der Waals surface area contributed by atoms with E-state index in [4.69, 9.17) is 0 Å². The Morgan fingerprint density at radius 3 is 2.48 bits per heavy atom. The minimum Gasteiger partial charge on any atom is -0.394 e. The fourth-order valence-electron chi connectivity index (χ4n) is 2.24. The molecule has 1 aliphatic rings. The molecule has 0 heterocycles. The van der Waals surface area contributed by atoms with Crippen LogP contribution in [-0.4, -0.2) is 23.3 Å². The van der Waals surface area contributed by atoms with Crippen LogP contribution in [0.4, 0.5) is 23.7 Å². The highest BCUT2D eigenvalue weighted by Gasteiger charge is 2.42. The summed E-state index contributed by atoms with van der Waals surface area (Å²) in [7, 11) is 0. The van der Waals surface area contributed by atoms with Gasteiger partial charge in [-0.05, 0) is 37.8 Å². The number of urea groups is 1. The fraction of sp³-hybridized carbons (Fsp3) is 0.500. The third kappa shape index (κ3) is 3.66. The number of carbonyl (C=O) groups excluding carboxylic acids is 1. The molecule has 1 fully saturated rings. The number of aliphatic hydroxyl groups excluding tert-OH is 1. The highest BCUT2D eigenvalue weighted by Crippen LogP contribution is 2.39. The normalized spacial score (nSPS) is 18.0. The Hall–Kier alpha value is -1.76. The quantitative estimate of drug-likeness (QED) is 0.800. The highest BCUT2D eigenvalue weighted by atomic mass is 19.4. The minimum atomic E-state index is -4.54. The molecule has 1 saturated carbocycles. The molecular weight excluding hydrogens is 285 g/mol. The maximum absolute atomic E-state index is 12.8. The lowest BCUT2D eigenvalue weighted by Gasteiger charge is -2.29. The van der Waals surface area contributed by atoms with Crippen LogP contribution in [0.15, 0.2) is 24.3 Å². The number of nitrogens with one attached hydrogen (secondary N) is 2. The van der Waals surface area contributed by atoms with E-state index in [1.165, 1.54) is 18.2 Å². The number of halogens is 3. The van der Waals surface area contributed by atoms with Crippen molar-refractivity contribution in [1.82, 2.24) is 5.32 Å². The molecule has 7 heteroatoms. The van der Waals surface area contributed by atoms with Gasteiger partial charge in [0.2, 0.25) is 0 Å². The summed E-state index contributed by atoms with van der Waals surface area (Å²) < 4.78 is 38.5. The topological polar surface area (TPSA) is 61.4 Å². The van der Waals surface area contributed by atoms with Crippen LogP contribution < -0.4 is 10.6 Å². The molecular formula is C14H17F3N2O2. The second-order valence-corrected chi connectivity index (χ2v) is 5.47. The molecule has 1 atom stereocenters. The van der Waals surface area contributed by atoms with Gasteiger partial charge in [-0.15, -0.1) is 0 Å². The van der Waals surface area contributed by atoms with Crippen molar-refractivity contribution in [3.63, 3.8) is 0 Å². The van der Waals surface area contributed by atoms with Crippen molar-refractivity contribution in [2.45, 2.75) is 31.5 Å². The van der Waals surface area contributed by atoms with Crippen LogP contribution in [0.3, 0.4) is 0 Å². The van der Waals surface area contributed by atoms with Gasteiger partial charge in [0.05, 0.1) is 23.4 Å². The van der Waals surface area contributed by atoms with Crippen LogP contribution in [0.25, 0.3) is 0 Å². The molecule has 0 aromatic heterocycles. The molecule has 1 unspecified atom stereocenters. The van der Waals surface area contributed by atoms with E-state index in [0.29, 0.717) is 0 Å². The first kappa shape index (κ1) is 15.6. The number of rotatable bonds is 4. The van der Waals surface area contributed by atoms with Crippen molar-refractivity contribution in [3.05, 3.63) is 29.8 Å². The molecule has 2 amide bonds. The maximum Gasteiger partial charge on any atom is 0.418 e. The highest BCUT2D eigenvalue weighted by molar-refractivity contribution is 5.90. The van der Waals surface area contributed by atoms with E-state index in [2.05, 4.69) is 10.6 Å². The van der Waals surface area contributed by atoms with E-state index < -0.39 is 23.3 Å². The van der Waals surface area contributed by atoms with Crippen molar-refractivity contribution < 1.29 is 23.1 Å². The Morgan fingerprint density at radius 1 is 1.33 bits per heavy atom. The van der Waals surface area contributed by atoms with Gasteiger partial charge in [-0.1, -0.05) is 12.1 Å². The Kier molecular flexibility index (Phi) is 4.13. The lowest BCUT2D eigenvalue weighted by molar-refractivity contribution is -0.136. The second-order valence-electron chi connectivity index (χ2n) is 5.47. The molecule has 2 rings (SSSR count). The van der Waals surface area contributed by atoms with Gasteiger partial charge in [-0.2, -0.15) is 13.2 Å². The van der Waals surface area contributed by atoms with Crippen LogP contribution in [-0.2, 0) is 6.18 Å². The van der Waals surface area contributed by atoms with Gasteiger partial charge >= 0.3 is 12.2 Å². The molecule has 0 aliphatic heterocycles. The number of amides is 2. The van der Waals surface area contributed by atoms with Gasteiger partial charge in [-0.3, -0.25) is 0 Å². The lowest BCUT2D eigenvalue weighted by Crippen LogP contribution is -2.52. The predicted octanol–water partition coefficient (Wildman–Crippen LogP) is 2.99. The van der Waals surface area contributed by atoms with Crippen molar-refractivity contribution in [2.24, 2.45) is 5.92 Å². The summed E-state index contributed by atoms with van der Waals surface area (Å²) in [5.41, 5.74) is -2.02. The third-order valence-electron chi connectivity index (χ3n) is 3.69. The summed E-state index contributed by atoms with van der Waals surface area (Å²) >= 11 is 0. The number of aliphatic hydroxyl groups is 1. The van der Waals surface area contributed by atoms with Crippen LogP contribution >= 0.6 is 0 Å². The van der Waals surface area contributed by atoms with Crippen molar-refractivity contribution in [3.8, 4) is 0 Å². The third-order valence-corrected chi connectivity index (χ3v) is 3.69. The molecule has 3 N–H and O–H groups in total. The van der Waals surface area contributed by atoms with Gasteiger partial charge in [0, 0.05) is 0 Å². The van der Waals surface area contributed by atoms with Gasteiger partial charge in [0.15, 0.2) is 0 Å². The summed E-state index contributed by atoms with van der Waals surface area (Å²) in [6.45, 7) is 1.42. The lowest BCUT2D eigenvalue weighted by atomic mass is 9.97. The van der Waals surface area contributed by atoms with Crippen molar-refractivity contribution in [1.29, 1.82) is 0 Å². The second kappa shape index (κ2) is 5.55. The molecule has 0 bridgehead atoms. The Morgan fingerprint density at radius 2 is 1.95 bits per heavy atom. The van der Waals surface area contributed by atoms with Crippen LogP contribution in [0, 0.1) is 5.92 Å². The summed E-state index contributed by atoms with van der Waals surface area (Å²) in [5.74, 6) is 0.158. The molecule has 0 radical (unpaired) electrons. The van der Waals surface area contributed by atoms with E-state index in [0.717, 1.165) is 18.9 Å². The molecule has 4 nitrogen and oxygen atoms in total. The summed E-state index contributed by atoms with van der Waals surface area (Å²) in [4.78, 5) is 11.9. The predicted molar refractivity (Wildman–Crippen MR) is 71.8 cm³/mol. The Bertz CT molecular complexity index is 529. The maximum atomic E-state index is 12.8. The number of alkyl halides is 3.